The van der Waals surface area contributed by atoms with Gasteiger partial charge < -0.3 is 9.73 Å². The molecule has 0 fully saturated rings. The second kappa shape index (κ2) is 5.87. The van der Waals surface area contributed by atoms with E-state index < -0.39 is 0 Å². The largest absolute Gasteiger partial charge is 0.468 e. The lowest BCUT2D eigenvalue weighted by Gasteiger charge is -2.27. The molecule has 1 unspecified atom stereocenters. The van der Waals surface area contributed by atoms with Gasteiger partial charge in [0, 0.05) is 11.5 Å². The van der Waals surface area contributed by atoms with Gasteiger partial charge in [0.2, 0.25) is 0 Å². The highest BCUT2D eigenvalue weighted by Gasteiger charge is 2.28. The molecule has 0 bridgehead atoms. The molecule has 0 aliphatic rings. The maximum absolute atomic E-state index is 5.56. The Balaban J connectivity index is 2.61. The quantitative estimate of drug-likeness (QED) is 0.852. The predicted molar refractivity (Wildman–Crippen MR) is 71.8 cm³/mol. The van der Waals surface area contributed by atoms with E-state index in [2.05, 4.69) is 48.9 Å². The van der Waals surface area contributed by atoms with Gasteiger partial charge >= 0.3 is 0 Å². The van der Waals surface area contributed by atoms with Crippen LogP contribution in [0.2, 0.25) is 0 Å². The van der Waals surface area contributed by atoms with E-state index in [0.717, 1.165) is 23.2 Å². The van der Waals surface area contributed by atoms with Crippen molar-refractivity contribution in [1.29, 1.82) is 0 Å². The molecule has 1 aromatic rings. The summed E-state index contributed by atoms with van der Waals surface area (Å²) in [6, 6.07) is 2.47. The van der Waals surface area contributed by atoms with Crippen molar-refractivity contribution < 1.29 is 4.42 Å². The third-order valence-corrected chi connectivity index (χ3v) is 3.42. The van der Waals surface area contributed by atoms with E-state index in [4.69, 9.17) is 4.42 Å². The van der Waals surface area contributed by atoms with E-state index in [1.54, 1.807) is 6.26 Å². The van der Waals surface area contributed by atoms with Crippen molar-refractivity contribution in [1.82, 2.24) is 5.32 Å². The standard InChI is InChI=1S/C13H22BrNO/c1-5-7-15-10(2)9-13(3,4)12-11(14)6-8-16-12/h6,8,10,15H,5,7,9H2,1-4H3. The van der Waals surface area contributed by atoms with Crippen molar-refractivity contribution in [2.45, 2.75) is 52.0 Å². The predicted octanol–water partition coefficient (Wildman–Crippen LogP) is 4.10. The molecular formula is C13H22BrNO. The van der Waals surface area contributed by atoms with Crippen molar-refractivity contribution in [2.24, 2.45) is 0 Å². The highest BCUT2D eigenvalue weighted by atomic mass is 79.9. The zero-order valence-corrected chi connectivity index (χ0v) is 12.2. The van der Waals surface area contributed by atoms with Crippen molar-refractivity contribution >= 4 is 15.9 Å². The van der Waals surface area contributed by atoms with Crippen LogP contribution in [0.3, 0.4) is 0 Å². The number of halogens is 1. The summed E-state index contributed by atoms with van der Waals surface area (Å²) in [5.74, 6) is 1.04. The zero-order chi connectivity index (χ0) is 12.2. The van der Waals surface area contributed by atoms with E-state index in [1.807, 2.05) is 6.07 Å². The molecule has 0 radical (unpaired) electrons. The first-order valence-electron chi connectivity index (χ1n) is 5.94. The van der Waals surface area contributed by atoms with E-state index in [-0.39, 0.29) is 5.41 Å². The van der Waals surface area contributed by atoms with Crippen molar-refractivity contribution in [2.75, 3.05) is 6.54 Å². The number of hydrogen-bond acceptors (Lipinski definition) is 2. The number of hydrogen-bond donors (Lipinski definition) is 1. The highest BCUT2D eigenvalue weighted by Crippen LogP contribution is 2.34. The first kappa shape index (κ1) is 13.8. The summed E-state index contributed by atoms with van der Waals surface area (Å²) in [7, 11) is 0. The Morgan fingerprint density at radius 1 is 1.50 bits per heavy atom. The summed E-state index contributed by atoms with van der Waals surface area (Å²) in [5.41, 5.74) is 0.0580. The van der Waals surface area contributed by atoms with Crippen molar-refractivity contribution in [3.63, 3.8) is 0 Å². The number of nitrogens with one attached hydrogen (secondary N) is 1. The lowest BCUT2D eigenvalue weighted by Crippen LogP contribution is -2.33. The first-order chi connectivity index (χ1) is 7.47. The Kier molecular flexibility index (Phi) is 5.06. The molecule has 1 heterocycles. The Bertz CT molecular complexity index is 319. The third-order valence-electron chi connectivity index (χ3n) is 2.79. The smallest absolute Gasteiger partial charge is 0.123 e. The Labute approximate surface area is 107 Å². The van der Waals surface area contributed by atoms with Gasteiger partial charge in [0.15, 0.2) is 0 Å². The van der Waals surface area contributed by atoms with Gasteiger partial charge in [-0.2, -0.15) is 0 Å². The van der Waals surface area contributed by atoms with Crippen LogP contribution in [0.15, 0.2) is 21.2 Å². The number of furan rings is 1. The summed E-state index contributed by atoms with van der Waals surface area (Å²) in [6.45, 7) is 9.94. The third kappa shape index (κ3) is 3.63. The van der Waals surface area contributed by atoms with Crippen LogP contribution in [0.25, 0.3) is 0 Å². The second-order valence-electron chi connectivity index (χ2n) is 5.04. The molecular weight excluding hydrogens is 266 g/mol. The molecule has 0 saturated heterocycles. The van der Waals surface area contributed by atoms with Crippen LogP contribution in [0.5, 0.6) is 0 Å². The van der Waals surface area contributed by atoms with Gasteiger partial charge in [0.05, 0.1) is 10.7 Å². The van der Waals surface area contributed by atoms with Gasteiger partial charge in [-0.15, -0.1) is 0 Å². The van der Waals surface area contributed by atoms with Gasteiger partial charge in [0.25, 0.3) is 0 Å². The topological polar surface area (TPSA) is 25.2 Å². The van der Waals surface area contributed by atoms with Gasteiger partial charge in [-0.05, 0) is 48.3 Å². The minimum absolute atomic E-state index is 0.0580. The summed E-state index contributed by atoms with van der Waals surface area (Å²) in [4.78, 5) is 0. The summed E-state index contributed by atoms with van der Waals surface area (Å²) < 4.78 is 6.63. The lowest BCUT2D eigenvalue weighted by atomic mass is 9.83. The summed E-state index contributed by atoms with van der Waals surface area (Å²) in [5, 5.41) is 3.51. The first-order valence-corrected chi connectivity index (χ1v) is 6.73. The molecule has 2 nitrogen and oxygen atoms in total. The monoisotopic (exact) mass is 287 g/mol. The Morgan fingerprint density at radius 3 is 2.69 bits per heavy atom. The van der Waals surface area contributed by atoms with Crippen LogP contribution < -0.4 is 5.32 Å². The molecule has 1 atom stereocenters. The van der Waals surface area contributed by atoms with E-state index in [9.17, 15) is 0 Å². The highest BCUT2D eigenvalue weighted by molar-refractivity contribution is 9.10. The second-order valence-corrected chi connectivity index (χ2v) is 5.90. The summed E-state index contributed by atoms with van der Waals surface area (Å²) >= 11 is 3.53. The molecule has 0 aliphatic heterocycles. The molecule has 16 heavy (non-hydrogen) atoms. The summed E-state index contributed by atoms with van der Waals surface area (Å²) in [6.07, 6.45) is 3.99. The van der Waals surface area contributed by atoms with Crippen LogP contribution in [0.4, 0.5) is 0 Å². The fourth-order valence-corrected chi connectivity index (χ4v) is 2.84. The van der Waals surface area contributed by atoms with Crippen LogP contribution in [-0.4, -0.2) is 12.6 Å². The van der Waals surface area contributed by atoms with Gasteiger partial charge in [-0.3, -0.25) is 0 Å². The molecule has 0 saturated carbocycles. The molecule has 1 aromatic heterocycles. The van der Waals surface area contributed by atoms with E-state index in [1.165, 1.54) is 6.42 Å². The van der Waals surface area contributed by atoms with Crippen LogP contribution in [-0.2, 0) is 5.41 Å². The average molecular weight is 288 g/mol. The van der Waals surface area contributed by atoms with E-state index in [0.29, 0.717) is 6.04 Å². The van der Waals surface area contributed by atoms with Crippen molar-refractivity contribution in [3.05, 3.63) is 22.6 Å². The van der Waals surface area contributed by atoms with Crippen molar-refractivity contribution in [3.8, 4) is 0 Å². The fraction of sp³-hybridized carbons (Fsp3) is 0.692. The normalized spacial score (nSPS) is 14.1. The van der Waals surface area contributed by atoms with Crippen LogP contribution >= 0.6 is 15.9 Å². The maximum atomic E-state index is 5.56. The molecule has 92 valence electrons. The molecule has 1 rings (SSSR count). The van der Waals surface area contributed by atoms with Gasteiger partial charge in [-0.25, -0.2) is 0 Å². The van der Waals surface area contributed by atoms with Crippen LogP contribution in [0.1, 0.15) is 46.3 Å². The molecule has 1 N–H and O–H groups in total. The van der Waals surface area contributed by atoms with Gasteiger partial charge in [-0.1, -0.05) is 20.8 Å². The Hall–Kier alpha value is -0.280. The minimum Gasteiger partial charge on any atom is -0.468 e. The molecule has 0 amide bonds. The molecule has 0 aliphatic carbocycles. The molecule has 0 spiro atoms. The maximum Gasteiger partial charge on any atom is 0.123 e. The molecule has 3 heteroatoms. The average Bonchev–Trinajstić information content (AvgIpc) is 2.61. The zero-order valence-electron chi connectivity index (χ0n) is 10.6. The lowest BCUT2D eigenvalue weighted by molar-refractivity contribution is 0.324. The van der Waals surface area contributed by atoms with Gasteiger partial charge in [0.1, 0.15) is 5.76 Å². The number of rotatable bonds is 6. The van der Waals surface area contributed by atoms with E-state index >= 15 is 0 Å². The SMILES string of the molecule is CCCNC(C)CC(C)(C)c1occc1Br. The Morgan fingerprint density at radius 2 is 2.19 bits per heavy atom. The minimum atomic E-state index is 0.0580. The van der Waals surface area contributed by atoms with Crippen LogP contribution in [0, 0.1) is 0 Å². The molecule has 0 aromatic carbocycles. The fourth-order valence-electron chi connectivity index (χ4n) is 2.10.